The summed E-state index contributed by atoms with van der Waals surface area (Å²) >= 11 is 0. The maximum Gasteiger partial charge on any atom is 0.133 e. The lowest BCUT2D eigenvalue weighted by molar-refractivity contribution is 0.340. The second-order valence-corrected chi connectivity index (χ2v) is 4.79. The molecule has 1 aromatic heterocycles. The molecule has 0 amide bonds. The summed E-state index contributed by atoms with van der Waals surface area (Å²) in [6, 6.07) is 1.94. The lowest BCUT2D eigenvalue weighted by atomic mass is 9.82. The number of rotatable bonds is 3. The highest BCUT2D eigenvalue weighted by atomic mass is 15.0. The van der Waals surface area contributed by atoms with Gasteiger partial charge in [-0.1, -0.05) is 19.8 Å². The quantitative estimate of drug-likeness (QED) is 0.848. The molecule has 0 aliphatic heterocycles. The molecule has 16 heavy (non-hydrogen) atoms. The highest BCUT2D eigenvalue weighted by molar-refractivity contribution is 5.33. The van der Waals surface area contributed by atoms with Crippen LogP contribution in [-0.2, 0) is 0 Å². The summed E-state index contributed by atoms with van der Waals surface area (Å²) in [5.41, 5.74) is 0. The molecule has 1 aliphatic rings. The minimum absolute atomic E-state index is 0.579. The van der Waals surface area contributed by atoms with E-state index in [-0.39, 0.29) is 0 Å². The number of aromatic nitrogens is 2. The molecule has 0 aromatic carbocycles. The number of nitrogens with one attached hydrogen (secondary N) is 1. The maximum atomic E-state index is 4.59. The van der Waals surface area contributed by atoms with Gasteiger partial charge >= 0.3 is 0 Å². The van der Waals surface area contributed by atoms with Gasteiger partial charge in [0.15, 0.2) is 0 Å². The van der Waals surface area contributed by atoms with Crippen LogP contribution in [0.5, 0.6) is 0 Å². The van der Waals surface area contributed by atoms with Gasteiger partial charge in [0, 0.05) is 18.7 Å². The number of anilines is 1. The van der Waals surface area contributed by atoms with Crippen LogP contribution in [0.1, 0.15) is 51.3 Å². The molecule has 0 saturated heterocycles. The predicted molar refractivity (Wildman–Crippen MR) is 66.6 cm³/mol. The average Bonchev–Trinajstić information content (AvgIpc) is 2.31. The van der Waals surface area contributed by atoms with E-state index in [1.165, 1.54) is 25.7 Å². The molecule has 3 nitrogen and oxygen atoms in total. The van der Waals surface area contributed by atoms with Gasteiger partial charge in [-0.05, 0) is 31.7 Å². The Labute approximate surface area is 97.7 Å². The van der Waals surface area contributed by atoms with Crippen molar-refractivity contribution in [3.05, 3.63) is 18.1 Å². The van der Waals surface area contributed by atoms with Crippen LogP contribution in [0.25, 0.3) is 0 Å². The van der Waals surface area contributed by atoms with Gasteiger partial charge in [-0.15, -0.1) is 0 Å². The Morgan fingerprint density at radius 1 is 1.31 bits per heavy atom. The van der Waals surface area contributed by atoms with Crippen molar-refractivity contribution in [3.8, 4) is 0 Å². The van der Waals surface area contributed by atoms with Gasteiger partial charge in [0.1, 0.15) is 11.6 Å². The van der Waals surface area contributed by atoms with E-state index in [1.54, 1.807) is 0 Å². The van der Waals surface area contributed by atoms with Gasteiger partial charge in [-0.25, -0.2) is 9.97 Å². The summed E-state index contributed by atoms with van der Waals surface area (Å²) in [5, 5.41) is 3.24. The summed E-state index contributed by atoms with van der Waals surface area (Å²) in [4.78, 5) is 9.01. The number of hydrogen-bond donors (Lipinski definition) is 1. The van der Waals surface area contributed by atoms with E-state index in [9.17, 15) is 0 Å². The Balaban J connectivity index is 2.05. The summed E-state index contributed by atoms with van der Waals surface area (Å²) in [6.45, 7) is 5.34. The first kappa shape index (κ1) is 11.4. The van der Waals surface area contributed by atoms with Crippen LogP contribution in [0.15, 0.2) is 12.3 Å². The molecule has 2 rings (SSSR count). The molecule has 1 N–H and O–H groups in total. The first-order valence-electron chi connectivity index (χ1n) is 6.36. The van der Waals surface area contributed by atoms with Crippen LogP contribution in [0, 0.1) is 5.92 Å². The topological polar surface area (TPSA) is 37.8 Å². The van der Waals surface area contributed by atoms with E-state index in [0.29, 0.717) is 5.92 Å². The summed E-state index contributed by atoms with van der Waals surface area (Å²) in [5.74, 6) is 3.46. The minimum atomic E-state index is 0.579. The second kappa shape index (κ2) is 5.28. The SMILES string of the molecule is CCNc1ccnc(C2CCC(C)CC2)n1. The summed E-state index contributed by atoms with van der Waals surface area (Å²) < 4.78 is 0. The maximum absolute atomic E-state index is 4.59. The van der Waals surface area contributed by atoms with Gasteiger partial charge in [0.05, 0.1) is 0 Å². The molecule has 0 atom stereocenters. The molecular formula is C13H21N3. The van der Waals surface area contributed by atoms with Crippen molar-refractivity contribution in [2.24, 2.45) is 5.92 Å². The van der Waals surface area contributed by atoms with Crippen LogP contribution >= 0.6 is 0 Å². The van der Waals surface area contributed by atoms with Crippen LogP contribution in [-0.4, -0.2) is 16.5 Å². The zero-order chi connectivity index (χ0) is 11.4. The third kappa shape index (κ3) is 2.71. The predicted octanol–water partition coefficient (Wildman–Crippen LogP) is 3.20. The molecule has 3 heteroatoms. The molecular weight excluding hydrogens is 198 g/mol. The summed E-state index contributed by atoms with van der Waals surface area (Å²) in [7, 11) is 0. The first-order valence-corrected chi connectivity index (χ1v) is 6.36. The normalized spacial score (nSPS) is 25.4. The molecule has 1 heterocycles. The van der Waals surface area contributed by atoms with E-state index >= 15 is 0 Å². The Morgan fingerprint density at radius 2 is 2.06 bits per heavy atom. The Hall–Kier alpha value is -1.12. The molecule has 1 fully saturated rings. The van der Waals surface area contributed by atoms with Crippen molar-refractivity contribution in [2.75, 3.05) is 11.9 Å². The van der Waals surface area contributed by atoms with E-state index in [4.69, 9.17) is 0 Å². The Kier molecular flexibility index (Phi) is 3.75. The fourth-order valence-corrected chi connectivity index (χ4v) is 2.37. The third-order valence-electron chi connectivity index (χ3n) is 3.41. The monoisotopic (exact) mass is 219 g/mol. The van der Waals surface area contributed by atoms with Crippen LogP contribution in [0.2, 0.25) is 0 Å². The van der Waals surface area contributed by atoms with E-state index in [2.05, 4.69) is 29.1 Å². The fraction of sp³-hybridized carbons (Fsp3) is 0.692. The lowest BCUT2D eigenvalue weighted by Gasteiger charge is -2.25. The molecule has 0 unspecified atom stereocenters. The molecule has 0 spiro atoms. The largest absolute Gasteiger partial charge is 0.370 e. The molecule has 0 radical (unpaired) electrons. The molecule has 1 saturated carbocycles. The lowest BCUT2D eigenvalue weighted by Crippen LogP contribution is -2.14. The van der Waals surface area contributed by atoms with Crippen molar-refractivity contribution in [1.82, 2.24) is 9.97 Å². The smallest absolute Gasteiger partial charge is 0.133 e. The molecule has 1 aliphatic carbocycles. The van der Waals surface area contributed by atoms with Crippen LogP contribution < -0.4 is 5.32 Å². The molecule has 88 valence electrons. The van der Waals surface area contributed by atoms with Crippen LogP contribution in [0.4, 0.5) is 5.82 Å². The number of nitrogens with zero attached hydrogens (tertiary/aromatic N) is 2. The van der Waals surface area contributed by atoms with Crippen molar-refractivity contribution < 1.29 is 0 Å². The Morgan fingerprint density at radius 3 is 2.75 bits per heavy atom. The molecule has 0 bridgehead atoms. The third-order valence-corrected chi connectivity index (χ3v) is 3.41. The average molecular weight is 219 g/mol. The van der Waals surface area contributed by atoms with Crippen molar-refractivity contribution >= 4 is 5.82 Å². The van der Waals surface area contributed by atoms with E-state index in [1.807, 2.05) is 12.3 Å². The summed E-state index contributed by atoms with van der Waals surface area (Å²) in [6.07, 6.45) is 7.00. The van der Waals surface area contributed by atoms with Gasteiger partial charge in [-0.2, -0.15) is 0 Å². The van der Waals surface area contributed by atoms with E-state index in [0.717, 1.165) is 24.1 Å². The van der Waals surface area contributed by atoms with Crippen molar-refractivity contribution in [2.45, 2.75) is 45.4 Å². The number of hydrogen-bond acceptors (Lipinski definition) is 3. The molecule has 1 aromatic rings. The second-order valence-electron chi connectivity index (χ2n) is 4.79. The standard InChI is InChI=1S/C13H21N3/c1-3-14-12-8-9-15-13(16-12)11-6-4-10(2)5-7-11/h8-11H,3-7H2,1-2H3,(H,14,15,16). The highest BCUT2D eigenvalue weighted by Crippen LogP contribution is 2.33. The van der Waals surface area contributed by atoms with Gasteiger partial charge in [0.2, 0.25) is 0 Å². The zero-order valence-electron chi connectivity index (χ0n) is 10.2. The van der Waals surface area contributed by atoms with Gasteiger partial charge < -0.3 is 5.32 Å². The first-order chi connectivity index (χ1) is 7.79. The Bertz CT molecular complexity index is 330. The zero-order valence-corrected chi connectivity index (χ0v) is 10.2. The van der Waals surface area contributed by atoms with Gasteiger partial charge in [0.25, 0.3) is 0 Å². The van der Waals surface area contributed by atoms with Crippen molar-refractivity contribution in [3.63, 3.8) is 0 Å². The fourth-order valence-electron chi connectivity index (χ4n) is 2.37. The van der Waals surface area contributed by atoms with Gasteiger partial charge in [-0.3, -0.25) is 0 Å². The highest BCUT2D eigenvalue weighted by Gasteiger charge is 2.21. The minimum Gasteiger partial charge on any atom is -0.370 e. The van der Waals surface area contributed by atoms with E-state index < -0.39 is 0 Å². The van der Waals surface area contributed by atoms with Crippen LogP contribution in [0.3, 0.4) is 0 Å². The van der Waals surface area contributed by atoms with Crippen molar-refractivity contribution in [1.29, 1.82) is 0 Å².